The van der Waals surface area contributed by atoms with Crippen molar-refractivity contribution in [3.05, 3.63) is 34.6 Å². The van der Waals surface area contributed by atoms with Crippen molar-refractivity contribution < 1.29 is 19.4 Å². The van der Waals surface area contributed by atoms with Gasteiger partial charge in [0.25, 0.3) is 0 Å². The number of pyridine rings is 2. The van der Waals surface area contributed by atoms with E-state index >= 15 is 0 Å². The number of methoxy groups -OCH3 is 1. The molecule has 0 amide bonds. The number of aromatic nitrogens is 2. The summed E-state index contributed by atoms with van der Waals surface area (Å²) >= 11 is 0. The maximum atomic E-state index is 11.5. The number of carboxylic acids is 1. The lowest BCUT2D eigenvalue weighted by atomic mass is 10.1. The quantitative estimate of drug-likeness (QED) is 0.585. The summed E-state index contributed by atoms with van der Waals surface area (Å²) in [6, 6.07) is 4.32. The summed E-state index contributed by atoms with van der Waals surface area (Å²) in [5.41, 5.74) is 4.74. The van der Waals surface area contributed by atoms with Crippen LogP contribution in [0.2, 0.25) is 0 Å². The van der Waals surface area contributed by atoms with Crippen molar-refractivity contribution in [1.29, 1.82) is 0 Å². The molecule has 10 heteroatoms. The molecule has 6 heterocycles. The number of carbonyl (C=O) groups is 2. The number of aromatic carboxylic acids is 1. The number of fused-ring (bicyclic) bond motifs is 8. The maximum absolute atomic E-state index is 11.5. The molecule has 0 spiro atoms. The van der Waals surface area contributed by atoms with Crippen LogP contribution in [0.3, 0.4) is 0 Å². The van der Waals surface area contributed by atoms with Gasteiger partial charge in [-0.25, -0.2) is 19.6 Å². The van der Waals surface area contributed by atoms with E-state index in [0.717, 1.165) is 73.2 Å². The Labute approximate surface area is 192 Å². The van der Waals surface area contributed by atoms with Gasteiger partial charge in [0.15, 0.2) is 23.0 Å². The summed E-state index contributed by atoms with van der Waals surface area (Å²) in [5, 5.41) is 15.7. The molecule has 0 unspecified atom stereocenters. The molecule has 2 saturated heterocycles. The lowest BCUT2D eigenvalue weighted by Crippen LogP contribution is -2.33. The zero-order valence-electron chi connectivity index (χ0n) is 19.0. The van der Waals surface area contributed by atoms with E-state index in [9.17, 15) is 9.59 Å². The normalized spacial score (nSPS) is 21.2. The molecule has 174 valence electrons. The molecule has 4 bridgehead atoms. The van der Waals surface area contributed by atoms with Gasteiger partial charge in [-0.15, -0.1) is 0 Å². The zero-order valence-corrected chi connectivity index (χ0v) is 19.0. The van der Waals surface area contributed by atoms with E-state index in [4.69, 9.17) is 9.84 Å². The second-order valence-corrected chi connectivity index (χ2v) is 8.99. The lowest BCUT2D eigenvalue weighted by Gasteiger charge is -2.29. The summed E-state index contributed by atoms with van der Waals surface area (Å²) in [4.78, 5) is 35.6. The SMILES string of the molecule is COC(=O)c1cc(C)c2c(n1)N[C@H]1CCN2C1.Cc1cc(C(=O)O)nc2c1N1CC[C@@H](C1)N2. The van der Waals surface area contributed by atoms with Gasteiger partial charge in [0, 0.05) is 38.3 Å². The molecule has 6 rings (SSSR count). The molecule has 2 fully saturated rings. The Morgan fingerprint density at radius 2 is 1.42 bits per heavy atom. The average Bonchev–Trinajstić information content (AvgIpc) is 3.35. The van der Waals surface area contributed by atoms with Gasteiger partial charge in [0.2, 0.25) is 0 Å². The molecule has 0 aromatic carbocycles. The molecule has 4 aliphatic heterocycles. The summed E-state index contributed by atoms with van der Waals surface area (Å²) < 4.78 is 4.71. The van der Waals surface area contributed by atoms with Gasteiger partial charge in [0.1, 0.15) is 0 Å². The van der Waals surface area contributed by atoms with E-state index in [0.29, 0.717) is 17.8 Å². The predicted molar refractivity (Wildman–Crippen MR) is 125 cm³/mol. The molecule has 33 heavy (non-hydrogen) atoms. The van der Waals surface area contributed by atoms with E-state index in [2.05, 4.69) is 30.4 Å². The van der Waals surface area contributed by atoms with E-state index < -0.39 is 5.97 Å². The molecule has 2 atom stereocenters. The first-order valence-corrected chi connectivity index (χ1v) is 11.2. The van der Waals surface area contributed by atoms with Crippen LogP contribution in [0.4, 0.5) is 23.0 Å². The van der Waals surface area contributed by atoms with Gasteiger partial charge in [0.05, 0.1) is 18.5 Å². The first-order chi connectivity index (χ1) is 15.8. The third-order valence-electron chi connectivity index (χ3n) is 6.67. The van der Waals surface area contributed by atoms with Crippen molar-refractivity contribution in [2.45, 2.75) is 38.8 Å². The number of anilines is 4. The van der Waals surface area contributed by atoms with E-state index in [1.54, 1.807) is 12.1 Å². The highest BCUT2D eigenvalue weighted by Crippen LogP contribution is 2.38. The number of nitrogens with zero attached hydrogens (tertiary/aromatic N) is 4. The molecule has 2 aromatic heterocycles. The fourth-order valence-electron chi connectivity index (χ4n) is 5.20. The highest BCUT2D eigenvalue weighted by atomic mass is 16.5. The minimum Gasteiger partial charge on any atom is -0.477 e. The number of ether oxygens (including phenoxy) is 1. The molecule has 3 N–H and O–H groups in total. The van der Waals surface area contributed by atoms with Crippen LogP contribution in [0.15, 0.2) is 12.1 Å². The topological polar surface area (TPSA) is 120 Å². The van der Waals surface area contributed by atoms with Crippen molar-refractivity contribution in [1.82, 2.24) is 9.97 Å². The number of hydrogen-bond donors (Lipinski definition) is 3. The maximum Gasteiger partial charge on any atom is 0.356 e. The Morgan fingerprint density at radius 1 is 0.939 bits per heavy atom. The summed E-state index contributed by atoms with van der Waals surface area (Å²) in [5.74, 6) is 0.191. The average molecular weight is 453 g/mol. The van der Waals surface area contributed by atoms with Crippen molar-refractivity contribution >= 4 is 34.9 Å². The van der Waals surface area contributed by atoms with Crippen LogP contribution in [0.1, 0.15) is 44.9 Å². The standard InChI is InChI=1S/C12H15N3O2.C11H13N3O2/c1-7-5-9(12(16)17-2)14-11-10(7)15-4-3-8(6-15)13-11;1-6-4-8(11(15)16)13-10-9(6)14-3-2-7(5-14)12-10/h5,8H,3-4,6H2,1-2H3,(H,13,14);4,7H,2-3,5H2,1H3,(H,12,13)(H,15,16)/t8-;7-/m00/s1. The van der Waals surface area contributed by atoms with E-state index in [1.807, 2.05) is 13.8 Å². The van der Waals surface area contributed by atoms with Gasteiger partial charge in [-0.05, 0) is 49.9 Å². The Balaban J connectivity index is 0.000000139. The van der Waals surface area contributed by atoms with Crippen molar-refractivity contribution in [2.24, 2.45) is 0 Å². The number of carbonyl (C=O) groups excluding carboxylic acids is 1. The Bertz CT molecular complexity index is 1140. The van der Waals surface area contributed by atoms with Crippen LogP contribution in [-0.4, -0.2) is 72.4 Å². The highest BCUT2D eigenvalue weighted by molar-refractivity contribution is 5.90. The van der Waals surface area contributed by atoms with Gasteiger partial charge < -0.3 is 30.3 Å². The van der Waals surface area contributed by atoms with Crippen LogP contribution >= 0.6 is 0 Å². The zero-order chi connectivity index (χ0) is 23.3. The van der Waals surface area contributed by atoms with Crippen molar-refractivity contribution in [2.75, 3.05) is 53.7 Å². The third kappa shape index (κ3) is 3.79. The van der Waals surface area contributed by atoms with Gasteiger partial charge >= 0.3 is 11.9 Å². The minimum absolute atomic E-state index is 0.117. The second-order valence-electron chi connectivity index (χ2n) is 8.99. The smallest absolute Gasteiger partial charge is 0.356 e. The van der Waals surface area contributed by atoms with Crippen molar-refractivity contribution in [3.8, 4) is 0 Å². The van der Waals surface area contributed by atoms with Gasteiger partial charge in [-0.1, -0.05) is 0 Å². The monoisotopic (exact) mass is 452 g/mol. The number of esters is 1. The second kappa shape index (κ2) is 8.09. The molecule has 4 aliphatic rings. The summed E-state index contributed by atoms with van der Waals surface area (Å²) in [6.45, 7) is 8.07. The number of rotatable bonds is 2. The number of hydrogen-bond acceptors (Lipinski definition) is 9. The first-order valence-electron chi connectivity index (χ1n) is 11.2. The number of carboxylic acid groups (broad SMARTS) is 1. The molecule has 0 aliphatic carbocycles. The largest absolute Gasteiger partial charge is 0.477 e. The van der Waals surface area contributed by atoms with Gasteiger partial charge in [-0.3, -0.25) is 0 Å². The van der Waals surface area contributed by atoms with Crippen molar-refractivity contribution in [3.63, 3.8) is 0 Å². The molecule has 10 nitrogen and oxygen atoms in total. The van der Waals surface area contributed by atoms with Crippen LogP contribution < -0.4 is 20.4 Å². The fraction of sp³-hybridized carbons (Fsp3) is 0.478. The van der Waals surface area contributed by atoms with Crippen LogP contribution in [0.5, 0.6) is 0 Å². The molecule has 0 radical (unpaired) electrons. The van der Waals surface area contributed by atoms with Crippen LogP contribution in [-0.2, 0) is 4.74 Å². The predicted octanol–water partition coefficient (Wildman–Crippen LogP) is 2.27. The van der Waals surface area contributed by atoms with Crippen LogP contribution in [0, 0.1) is 13.8 Å². The molecular weight excluding hydrogens is 424 g/mol. The molecule has 2 aromatic rings. The minimum atomic E-state index is -0.972. The summed E-state index contributed by atoms with van der Waals surface area (Å²) in [7, 11) is 1.37. The Kier molecular flexibility index (Phi) is 5.22. The Morgan fingerprint density at radius 3 is 1.91 bits per heavy atom. The summed E-state index contributed by atoms with van der Waals surface area (Å²) in [6.07, 6.45) is 2.22. The fourth-order valence-corrected chi connectivity index (χ4v) is 5.20. The van der Waals surface area contributed by atoms with E-state index in [-0.39, 0.29) is 11.7 Å². The molecule has 0 saturated carbocycles. The van der Waals surface area contributed by atoms with Gasteiger partial charge in [-0.2, -0.15) is 0 Å². The Hall–Kier alpha value is -3.56. The third-order valence-corrected chi connectivity index (χ3v) is 6.67. The van der Waals surface area contributed by atoms with E-state index in [1.165, 1.54) is 7.11 Å². The lowest BCUT2D eigenvalue weighted by molar-refractivity contribution is 0.0593. The number of nitrogens with one attached hydrogen (secondary N) is 2. The van der Waals surface area contributed by atoms with Crippen LogP contribution in [0.25, 0.3) is 0 Å². The number of aryl methyl sites for hydroxylation is 2. The first kappa shape index (κ1) is 21.3. The highest BCUT2D eigenvalue weighted by Gasteiger charge is 2.33. The molecular formula is C23H28N6O4.